The number of aromatic nitrogens is 2. The molecule has 0 bridgehead atoms. The van der Waals surface area contributed by atoms with Crippen LogP contribution in [0.4, 0.5) is 8.78 Å². The second kappa shape index (κ2) is 6.76. The summed E-state index contributed by atoms with van der Waals surface area (Å²) in [4.78, 5) is 28.9. The van der Waals surface area contributed by atoms with Gasteiger partial charge in [0.25, 0.3) is 5.56 Å². The average Bonchev–Trinajstić information content (AvgIpc) is 2.56. The van der Waals surface area contributed by atoms with E-state index in [-0.39, 0.29) is 16.6 Å². The van der Waals surface area contributed by atoms with E-state index in [1.807, 2.05) is 0 Å². The number of halogens is 2. The zero-order chi connectivity index (χ0) is 18.1. The van der Waals surface area contributed by atoms with Crippen LogP contribution in [0.25, 0.3) is 16.6 Å². The Morgan fingerprint density at radius 1 is 1.20 bits per heavy atom. The number of carbonyl (C=O) groups excluding carboxylic acids is 1. The highest BCUT2D eigenvalue weighted by atomic mass is 32.2. The number of para-hydroxylation sites is 1. The fraction of sp³-hybridized carbons (Fsp3) is 0.167. The summed E-state index contributed by atoms with van der Waals surface area (Å²) in [6, 6.07) is 9.64. The van der Waals surface area contributed by atoms with Crippen molar-refractivity contribution < 1.29 is 13.6 Å². The van der Waals surface area contributed by atoms with Gasteiger partial charge in [-0.15, -0.1) is 0 Å². The molecule has 1 unspecified atom stereocenters. The van der Waals surface area contributed by atoms with Gasteiger partial charge in [-0.2, -0.15) is 0 Å². The van der Waals surface area contributed by atoms with Gasteiger partial charge in [-0.25, -0.2) is 13.8 Å². The van der Waals surface area contributed by atoms with Gasteiger partial charge < -0.3 is 0 Å². The number of Topliss-reactive ketones (excluding diaryl/α,β-unsaturated/α-hetero) is 1. The predicted octanol–water partition coefficient (Wildman–Crippen LogP) is 3.73. The maximum absolute atomic E-state index is 14.3. The first-order valence-corrected chi connectivity index (χ1v) is 8.41. The number of hydrogen-bond donors (Lipinski definition) is 0. The number of nitrogens with zero attached hydrogens (tertiary/aromatic N) is 2. The monoisotopic (exact) mass is 360 g/mol. The molecule has 1 heterocycles. The summed E-state index contributed by atoms with van der Waals surface area (Å²) in [6.07, 6.45) is 0. The Morgan fingerprint density at radius 2 is 1.92 bits per heavy atom. The van der Waals surface area contributed by atoms with Gasteiger partial charge in [0.05, 0.1) is 21.8 Å². The number of benzene rings is 2. The number of fused-ring (bicyclic) bond motifs is 1. The minimum Gasteiger partial charge on any atom is -0.299 e. The zero-order valence-electron chi connectivity index (χ0n) is 13.5. The van der Waals surface area contributed by atoms with E-state index in [0.29, 0.717) is 17.0 Å². The molecule has 0 fully saturated rings. The smallest absolute Gasteiger partial charge is 0.266 e. The average molecular weight is 360 g/mol. The minimum atomic E-state index is -0.878. The molecule has 128 valence electrons. The zero-order valence-corrected chi connectivity index (χ0v) is 14.3. The van der Waals surface area contributed by atoms with Gasteiger partial charge >= 0.3 is 0 Å². The molecule has 25 heavy (non-hydrogen) atoms. The van der Waals surface area contributed by atoms with Gasteiger partial charge in [-0.1, -0.05) is 23.9 Å². The van der Waals surface area contributed by atoms with Gasteiger partial charge in [0, 0.05) is 6.07 Å². The fourth-order valence-electron chi connectivity index (χ4n) is 2.31. The van der Waals surface area contributed by atoms with Gasteiger partial charge in [0.15, 0.2) is 5.16 Å². The van der Waals surface area contributed by atoms with Crippen molar-refractivity contribution in [3.8, 4) is 5.69 Å². The lowest BCUT2D eigenvalue weighted by Crippen LogP contribution is -2.24. The van der Waals surface area contributed by atoms with Crippen LogP contribution in [0.2, 0.25) is 0 Å². The maximum Gasteiger partial charge on any atom is 0.266 e. The van der Waals surface area contributed by atoms with Crippen LogP contribution in [-0.4, -0.2) is 20.6 Å². The second-order valence-corrected chi connectivity index (χ2v) is 6.83. The van der Waals surface area contributed by atoms with Crippen LogP contribution < -0.4 is 5.56 Å². The Labute approximate surface area is 146 Å². The van der Waals surface area contributed by atoms with Crippen LogP contribution in [0.15, 0.2) is 52.4 Å². The molecule has 0 aliphatic heterocycles. The summed E-state index contributed by atoms with van der Waals surface area (Å²) in [7, 11) is 0. The Morgan fingerprint density at radius 3 is 2.60 bits per heavy atom. The van der Waals surface area contributed by atoms with Crippen LogP contribution in [0.3, 0.4) is 0 Å². The molecule has 0 N–H and O–H groups in total. The maximum atomic E-state index is 14.3. The van der Waals surface area contributed by atoms with E-state index >= 15 is 0 Å². The van der Waals surface area contributed by atoms with E-state index in [0.717, 1.165) is 22.4 Å². The quantitative estimate of drug-likeness (QED) is 0.525. The number of ketones is 1. The first-order valence-electron chi connectivity index (χ1n) is 7.53. The van der Waals surface area contributed by atoms with Gasteiger partial charge in [-0.05, 0) is 38.1 Å². The summed E-state index contributed by atoms with van der Waals surface area (Å²) in [5.74, 6) is -1.72. The van der Waals surface area contributed by atoms with E-state index in [1.54, 1.807) is 31.2 Å². The molecule has 0 spiro atoms. The summed E-state index contributed by atoms with van der Waals surface area (Å²) < 4.78 is 28.6. The molecule has 0 aliphatic carbocycles. The standard InChI is InChI=1S/C18H14F2N2O2S/c1-10(23)11(2)25-18-21-15-6-4-3-5-13(15)17(24)22(18)16-8-7-12(19)9-14(16)20/h3-9,11H,1-2H3. The highest BCUT2D eigenvalue weighted by Gasteiger charge is 2.20. The second-order valence-electron chi connectivity index (χ2n) is 5.52. The molecule has 0 aliphatic rings. The lowest BCUT2D eigenvalue weighted by molar-refractivity contribution is -0.116. The first kappa shape index (κ1) is 17.3. The van der Waals surface area contributed by atoms with Crippen molar-refractivity contribution in [3.63, 3.8) is 0 Å². The summed E-state index contributed by atoms with van der Waals surface area (Å²) in [5, 5.41) is 0.0192. The van der Waals surface area contributed by atoms with Crippen LogP contribution in [-0.2, 0) is 4.79 Å². The van der Waals surface area contributed by atoms with Crippen LogP contribution in [0, 0.1) is 11.6 Å². The Kier molecular flexibility index (Phi) is 4.67. The molecule has 1 aromatic heterocycles. The topological polar surface area (TPSA) is 52.0 Å². The lowest BCUT2D eigenvalue weighted by Gasteiger charge is -2.15. The van der Waals surface area contributed by atoms with Gasteiger partial charge in [-0.3, -0.25) is 14.2 Å². The molecule has 0 amide bonds. The van der Waals surface area contributed by atoms with Gasteiger partial charge in [0.2, 0.25) is 0 Å². The van der Waals surface area contributed by atoms with Crippen molar-refractivity contribution in [1.82, 2.24) is 9.55 Å². The van der Waals surface area contributed by atoms with E-state index in [9.17, 15) is 18.4 Å². The van der Waals surface area contributed by atoms with Gasteiger partial charge in [0.1, 0.15) is 17.4 Å². The molecule has 0 saturated heterocycles. The number of carbonyl (C=O) groups is 1. The fourth-order valence-corrected chi connectivity index (χ4v) is 3.23. The third kappa shape index (κ3) is 3.32. The summed E-state index contributed by atoms with van der Waals surface area (Å²) >= 11 is 1.06. The van der Waals surface area contributed by atoms with Crippen molar-refractivity contribution in [2.75, 3.05) is 0 Å². The number of hydrogen-bond acceptors (Lipinski definition) is 4. The minimum absolute atomic E-state index is 0.0986. The normalized spacial score (nSPS) is 12.3. The van der Waals surface area contributed by atoms with E-state index < -0.39 is 22.4 Å². The SMILES string of the molecule is CC(=O)C(C)Sc1nc2ccccc2c(=O)n1-c1ccc(F)cc1F. The highest BCUT2D eigenvalue weighted by molar-refractivity contribution is 8.00. The van der Waals surface area contributed by atoms with Crippen molar-refractivity contribution >= 4 is 28.4 Å². The summed E-state index contributed by atoms with van der Waals surface area (Å²) in [5.41, 5.74) is -0.137. The lowest BCUT2D eigenvalue weighted by atomic mass is 10.2. The molecule has 0 saturated carbocycles. The molecule has 7 heteroatoms. The van der Waals surface area contributed by atoms with Crippen molar-refractivity contribution in [1.29, 1.82) is 0 Å². The van der Waals surface area contributed by atoms with Crippen molar-refractivity contribution in [2.24, 2.45) is 0 Å². The Bertz CT molecular complexity index is 1030. The Hall–Kier alpha value is -2.54. The largest absolute Gasteiger partial charge is 0.299 e. The Balaban J connectivity index is 2.32. The third-order valence-electron chi connectivity index (χ3n) is 3.75. The number of thioether (sulfide) groups is 1. The molecular weight excluding hydrogens is 346 g/mol. The van der Waals surface area contributed by atoms with Crippen molar-refractivity contribution in [3.05, 3.63) is 64.5 Å². The third-order valence-corrected chi connectivity index (χ3v) is 4.92. The molecule has 2 aromatic carbocycles. The number of rotatable bonds is 4. The van der Waals surface area contributed by atoms with Crippen LogP contribution in [0.1, 0.15) is 13.8 Å². The van der Waals surface area contributed by atoms with E-state index in [1.165, 1.54) is 13.0 Å². The molecule has 0 radical (unpaired) electrons. The molecule has 1 atom stereocenters. The van der Waals surface area contributed by atoms with E-state index in [2.05, 4.69) is 4.98 Å². The molecular formula is C18H14F2N2O2S. The van der Waals surface area contributed by atoms with Crippen molar-refractivity contribution in [2.45, 2.75) is 24.3 Å². The summed E-state index contributed by atoms with van der Waals surface area (Å²) in [6.45, 7) is 3.11. The molecule has 3 aromatic rings. The van der Waals surface area contributed by atoms with Crippen LogP contribution >= 0.6 is 11.8 Å². The predicted molar refractivity (Wildman–Crippen MR) is 93.3 cm³/mol. The highest BCUT2D eigenvalue weighted by Crippen LogP contribution is 2.26. The molecule has 4 nitrogen and oxygen atoms in total. The molecule has 3 rings (SSSR count). The van der Waals surface area contributed by atoms with Crippen LogP contribution in [0.5, 0.6) is 0 Å². The van der Waals surface area contributed by atoms with E-state index in [4.69, 9.17) is 0 Å². The first-order chi connectivity index (χ1) is 11.9.